The summed E-state index contributed by atoms with van der Waals surface area (Å²) in [6.07, 6.45) is 2.74. The van der Waals surface area contributed by atoms with Gasteiger partial charge in [0, 0.05) is 27.2 Å². The van der Waals surface area contributed by atoms with E-state index in [1.807, 2.05) is 43.3 Å². The Hall–Kier alpha value is -5.76. The summed E-state index contributed by atoms with van der Waals surface area (Å²) < 4.78 is 10.7. The highest BCUT2D eigenvalue weighted by molar-refractivity contribution is 6.31. The van der Waals surface area contributed by atoms with Gasteiger partial charge in [0.1, 0.15) is 17.2 Å². The van der Waals surface area contributed by atoms with Crippen LogP contribution in [-0.4, -0.2) is 131 Å². The van der Waals surface area contributed by atoms with Crippen LogP contribution in [0.2, 0.25) is 5.15 Å². The molecule has 344 valence electrons. The summed E-state index contributed by atoms with van der Waals surface area (Å²) in [6.45, 7) is 10.6. The van der Waals surface area contributed by atoms with Crippen molar-refractivity contribution in [2.24, 2.45) is 0 Å². The number of nitrogens with two attached hydrogens (primary N) is 2. The average Bonchev–Trinajstić information content (AvgIpc) is 3.14. The molecule has 2 aromatic rings. The maximum absolute atomic E-state index is 13.7. The van der Waals surface area contributed by atoms with E-state index in [4.69, 9.17) is 43.4 Å². The number of anilines is 2. The van der Waals surface area contributed by atoms with Gasteiger partial charge < -0.3 is 36.5 Å². The molecule has 0 saturated carbocycles. The number of halogens is 1. The van der Waals surface area contributed by atoms with Crippen LogP contribution in [-0.2, 0) is 31.9 Å². The van der Waals surface area contributed by atoms with Crippen molar-refractivity contribution in [1.29, 1.82) is 10.8 Å². The first-order chi connectivity index (χ1) is 28.8. The minimum atomic E-state index is -0.892. The summed E-state index contributed by atoms with van der Waals surface area (Å²) in [6, 6.07) is 6.79. The van der Waals surface area contributed by atoms with Crippen LogP contribution in [0.25, 0.3) is 0 Å². The fourth-order valence-corrected chi connectivity index (χ4v) is 5.95. The zero-order valence-electron chi connectivity index (χ0n) is 37.7. The number of aryl methyl sites for hydroxylation is 2. The van der Waals surface area contributed by atoms with Crippen LogP contribution < -0.4 is 32.7 Å². The summed E-state index contributed by atoms with van der Waals surface area (Å²) >= 11 is 5.84. The molecule has 20 nitrogen and oxygen atoms in total. The van der Waals surface area contributed by atoms with Gasteiger partial charge in [-0.15, -0.1) is 0 Å². The van der Waals surface area contributed by atoms with Crippen molar-refractivity contribution >= 4 is 65.1 Å². The second kappa shape index (κ2) is 24.0. The van der Waals surface area contributed by atoms with E-state index >= 15 is 0 Å². The molecule has 1 aromatic heterocycles. The molecule has 1 heterocycles. The standard InChI is InChI=1S/C41H66ClN13O7/c1-40(2,3)61-38(59)52-37(46)55(39(60)62-41(4,5)6)24-14-12-16-27(35(58)54(9)10)48-33(56)28(53(7)8)22-21-26-19-17-25(18-20-26)15-11-13-23-47-36(45)51-34(57)29-31(43)50-32(44)30(42)49-29/h17-20,27-28H,11-16,21-24H2,1-10H3,(H,48,56)(H4,43,44,50)(H2,46,52,59)(H3,45,47,51,57)/t27-,28+/m1/s1. The van der Waals surface area contributed by atoms with E-state index in [9.17, 15) is 24.0 Å². The third-order valence-electron chi connectivity index (χ3n) is 8.89. The highest BCUT2D eigenvalue weighted by atomic mass is 35.5. The molecule has 5 amide bonds. The molecule has 0 bridgehead atoms. The number of amides is 5. The Morgan fingerprint density at radius 1 is 0.790 bits per heavy atom. The van der Waals surface area contributed by atoms with E-state index in [0.29, 0.717) is 32.2 Å². The van der Waals surface area contributed by atoms with Gasteiger partial charge in [-0.3, -0.25) is 40.7 Å². The molecule has 62 heavy (non-hydrogen) atoms. The lowest BCUT2D eigenvalue weighted by molar-refractivity contribution is -0.136. The number of rotatable bonds is 18. The van der Waals surface area contributed by atoms with Gasteiger partial charge in [0.25, 0.3) is 5.91 Å². The highest BCUT2D eigenvalue weighted by Crippen LogP contribution is 2.18. The van der Waals surface area contributed by atoms with Crippen molar-refractivity contribution in [2.45, 2.75) is 116 Å². The first kappa shape index (κ1) is 52.4. The molecule has 10 N–H and O–H groups in total. The lowest BCUT2D eigenvalue weighted by Gasteiger charge is -2.29. The zero-order valence-corrected chi connectivity index (χ0v) is 38.4. The number of likely N-dealkylation sites (N-methyl/N-ethyl adjacent to an activating group) is 2. The topological polar surface area (TPSA) is 287 Å². The summed E-state index contributed by atoms with van der Waals surface area (Å²) in [5.74, 6) is -2.33. The predicted molar refractivity (Wildman–Crippen MR) is 239 cm³/mol. The van der Waals surface area contributed by atoms with Crippen LogP contribution in [0.5, 0.6) is 0 Å². The van der Waals surface area contributed by atoms with Crippen LogP contribution in [0.15, 0.2) is 24.3 Å². The van der Waals surface area contributed by atoms with Crippen molar-refractivity contribution in [1.82, 2.24) is 45.9 Å². The Kier molecular flexibility index (Phi) is 20.3. The van der Waals surface area contributed by atoms with Crippen LogP contribution >= 0.6 is 11.6 Å². The van der Waals surface area contributed by atoms with Gasteiger partial charge in [-0.2, -0.15) is 0 Å². The molecule has 0 aliphatic carbocycles. The molecule has 0 saturated heterocycles. The Morgan fingerprint density at radius 2 is 1.39 bits per heavy atom. The van der Waals surface area contributed by atoms with E-state index < -0.39 is 47.3 Å². The van der Waals surface area contributed by atoms with Crippen LogP contribution in [0, 0.1) is 10.8 Å². The van der Waals surface area contributed by atoms with E-state index in [2.05, 4.69) is 31.2 Å². The van der Waals surface area contributed by atoms with Crippen LogP contribution in [0.4, 0.5) is 21.2 Å². The van der Waals surface area contributed by atoms with Gasteiger partial charge in [-0.25, -0.2) is 24.5 Å². The van der Waals surface area contributed by atoms with Gasteiger partial charge in [0.15, 0.2) is 28.4 Å². The summed E-state index contributed by atoms with van der Waals surface area (Å²) in [4.78, 5) is 76.6. The Morgan fingerprint density at radius 3 is 1.95 bits per heavy atom. The number of guanidine groups is 2. The fraction of sp³-hybridized carbons (Fsp3) is 0.585. The molecule has 0 spiro atoms. The van der Waals surface area contributed by atoms with Crippen molar-refractivity contribution in [3.05, 3.63) is 46.2 Å². The minimum absolute atomic E-state index is 0.000397. The van der Waals surface area contributed by atoms with Gasteiger partial charge in [-0.1, -0.05) is 35.9 Å². The second-order valence-corrected chi connectivity index (χ2v) is 17.4. The number of hydrogen-bond donors (Lipinski definition) is 8. The molecule has 0 radical (unpaired) electrons. The maximum Gasteiger partial charge on any atom is 0.417 e. The Balaban J connectivity index is 1.91. The minimum Gasteiger partial charge on any atom is -0.444 e. The zero-order chi connectivity index (χ0) is 46.9. The van der Waals surface area contributed by atoms with E-state index in [-0.39, 0.29) is 53.2 Å². The number of unbranched alkanes of at least 4 members (excludes halogenated alkanes) is 2. The van der Waals surface area contributed by atoms with Gasteiger partial charge >= 0.3 is 12.2 Å². The van der Waals surface area contributed by atoms with Gasteiger partial charge in [0.05, 0.1) is 6.04 Å². The van der Waals surface area contributed by atoms with Crippen molar-refractivity contribution < 1.29 is 33.4 Å². The van der Waals surface area contributed by atoms with Gasteiger partial charge in [-0.05, 0) is 118 Å². The molecule has 0 unspecified atom stereocenters. The normalized spacial score (nSPS) is 12.4. The van der Waals surface area contributed by atoms with E-state index in [1.54, 1.807) is 55.6 Å². The number of alkyl carbamates (subject to hydrolysis) is 1. The molecule has 0 fully saturated rings. The summed E-state index contributed by atoms with van der Waals surface area (Å²) in [7, 11) is 6.85. The number of carbonyl (C=O) groups excluding carboxylic acids is 5. The van der Waals surface area contributed by atoms with Crippen LogP contribution in [0.1, 0.15) is 102 Å². The van der Waals surface area contributed by atoms with Crippen molar-refractivity contribution in [3.63, 3.8) is 0 Å². The molecule has 2 atom stereocenters. The van der Waals surface area contributed by atoms with E-state index in [1.165, 1.54) is 4.90 Å². The SMILES string of the molecule is CN(C)C(=O)[C@@H](CCCCN(C(=N)NC(=O)OC(C)(C)C)C(=O)OC(C)(C)C)NC(=O)[C@H](CCc1ccc(CCCCNC(=N)NC(=O)c2nc(Cl)c(N)nc2N)cc1)N(C)C. The number of nitrogens with one attached hydrogen (secondary N) is 6. The third kappa shape index (κ3) is 18.9. The molecule has 0 aliphatic heterocycles. The number of benzene rings is 1. The molecular weight excluding hydrogens is 822 g/mol. The summed E-state index contributed by atoms with van der Waals surface area (Å²) in [5.41, 5.74) is 11.5. The molecule has 1 aromatic carbocycles. The number of carbonyl (C=O) groups is 5. The first-order valence-corrected chi connectivity index (χ1v) is 20.7. The largest absolute Gasteiger partial charge is 0.444 e. The fourth-order valence-electron chi connectivity index (χ4n) is 5.83. The van der Waals surface area contributed by atoms with Crippen LogP contribution in [0.3, 0.4) is 0 Å². The maximum atomic E-state index is 13.7. The monoisotopic (exact) mass is 887 g/mol. The molecule has 21 heteroatoms. The van der Waals surface area contributed by atoms with Crippen molar-refractivity contribution in [2.75, 3.05) is 52.7 Å². The third-order valence-corrected chi connectivity index (χ3v) is 9.17. The Labute approximate surface area is 369 Å². The Bertz CT molecular complexity index is 1880. The van der Waals surface area contributed by atoms with E-state index in [0.717, 1.165) is 35.3 Å². The lowest BCUT2D eigenvalue weighted by Crippen LogP contribution is -2.52. The van der Waals surface area contributed by atoms with Gasteiger partial charge in [0.2, 0.25) is 17.8 Å². The molecule has 0 aliphatic rings. The quantitative estimate of drug-likeness (QED) is 0.0600. The first-order valence-electron chi connectivity index (χ1n) is 20.3. The smallest absolute Gasteiger partial charge is 0.417 e. The molecular formula is C41H66ClN13O7. The highest BCUT2D eigenvalue weighted by Gasteiger charge is 2.30. The number of nitrogens with zero attached hydrogens (tertiary/aromatic N) is 5. The molecule has 2 rings (SSSR count). The average molecular weight is 889 g/mol. The van der Waals surface area contributed by atoms with Crippen molar-refractivity contribution in [3.8, 4) is 0 Å². The number of hydrogen-bond acceptors (Lipinski definition) is 14. The second-order valence-electron chi connectivity index (χ2n) is 17.1. The summed E-state index contributed by atoms with van der Waals surface area (Å²) in [5, 5.41) is 26.7. The number of ether oxygens (including phenoxy) is 2. The predicted octanol–water partition coefficient (Wildman–Crippen LogP) is 3.87. The number of nitrogen functional groups attached to an aromatic ring is 2. The lowest BCUT2D eigenvalue weighted by atomic mass is 10.0. The number of aromatic nitrogens is 2.